The second-order valence-corrected chi connectivity index (χ2v) is 6.89. The van der Waals surface area contributed by atoms with Crippen molar-refractivity contribution in [1.29, 1.82) is 0 Å². The first kappa shape index (κ1) is 17.4. The van der Waals surface area contributed by atoms with Crippen LogP contribution in [0.25, 0.3) is 0 Å². The molecular formula is C18H15ClFN3OS. The van der Waals surface area contributed by atoms with Crippen molar-refractivity contribution in [2.24, 2.45) is 0 Å². The van der Waals surface area contributed by atoms with Crippen LogP contribution in [0.3, 0.4) is 0 Å². The van der Waals surface area contributed by atoms with Crippen LogP contribution in [0, 0.1) is 19.7 Å². The van der Waals surface area contributed by atoms with Crippen LogP contribution in [0.4, 0.5) is 20.9 Å². The number of thiazole rings is 1. The Labute approximate surface area is 153 Å². The van der Waals surface area contributed by atoms with Gasteiger partial charge in [0.05, 0.1) is 5.69 Å². The van der Waals surface area contributed by atoms with Gasteiger partial charge in [-0.1, -0.05) is 29.0 Å². The Balaban J connectivity index is 1.75. The Morgan fingerprint density at radius 3 is 2.48 bits per heavy atom. The fourth-order valence-corrected chi connectivity index (χ4v) is 3.24. The molecule has 3 aromatic rings. The van der Waals surface area contributed by atoms with Crippen molar-refractivity contribution in [2.75, 3.05) is 10.6 Å². The number of hydrogen-bond acceptors (Lipinski definition) is 4. The maximum Gasteiger partial charge on any atom is 0.267 e. The molecule has 0 saturated carbocycles. The summed E-state index contributed by atoms with van der Waals surface area (Å²) >= 11 is 7.31. The molecule has 128 valence electrons. The summed E-state index contributed by atoms with van der Waals surface area (Å²) in [6.07, 6.45) is 0. The molecule has 1 aromatic heterocycles. The average molecular weight is 376 g/mol. The van der Waals surface area contributed by atoms with Crippen molar-refractivity contribution in [3.63, 3.8) is 0 Å². The highest BCUT2D eigenvalue weighted by molar-refractivity contribution is 7.17. The summed E-state index contributed by atoms with van der Waals surface area (Å²) in [4.78, 5) is 17.3. The van der Waals surface area contributed by atoms with Crippen LogP contribution in [0.2, 0.25) is 5.02 Å². The van der Waals surface area contributed by atoms with E-state index >= 15 is 0 Å². The van der Waals surface area contributed by atoms with E-state index in [2.05, 4.69) is 15.6 Å². The highest BCUT2D eigenvalue weighted by Gasteiger charge is 2.16. The number of amides is 1. The third-order valence-electron chi connectivity index (χ3n) is 3.53. The van der Waals surface area contributed by atoms with E-state index in [1.807, 2.05) is 13.0 Å². The number of nitrogens with zero attached hydrogens (tertiary/aromatic N) is 1. The third kappa shape index (κ3) is 4.15. The number of carbonyl (C=O) groups excluding carboxylic acids is 1. The van der Waals surface area contributed by atoms with Gasteiger partial charge in [0, 0.05) is 16.4 Å². The van der Waals surface area contributed by atoms with Gasteiger partial charge in [0.25, 0.3) is 5.91 Å². The van der Waals surface area contributed by atoms with Gasteiger partial charge in [-0.2, -0.15) is 0 Å². The van der Waals surface area contributed by atoms with Crippen LogP contribution in [-0.2, 0) is 0 Å². The van der Waals surface area contributed by atoms with Crippen molar-refractivity contribution < 1.29 is 9.18 Å². The van der Waals surface area contributed by atoms with Crippen molar-refractivity contribution in [2.45, 2.75) is 13.8 Å². The topological polar surface area (TPSA) is 54.0 Å². The molecule has 25 heavy (non-hydrogen) atoms. The molecule has 0 fully saturated rings. The fraction of sp³-hybridized carbons (Fsp3) is 0.111. The second kappa shape index (κ2) is 7.21. The van der Waals surface area contributed by atoms with Gasteiger partial charge < -0.3 is 10.6 Å². The average Bonchev–Trinajstić information content (AvgIpc) is 2.94. The number of anilines is 3. The number of halogens is 2. The Hall–Kier alpha value is -2.44. The Morgan fingerprint density at radius 1 is 1.12 bits per heavy atom. The van der Waals surface area contributed by atoms with Crippen molar-refractivity contribution in [3.8, 4) is 0 Å². The van der Waals surface area contributed by atoms with Crippen LogP contribution >= 0.6 is 22.9 Å². The van der Waals surface area contributed by atoms with Gasteiger partial charge in [-0.25, -0.2) is 9.37 Å². The summed E-state index contributed by atoms with van der Waals surface area (Å²) in [5.41, 5.74) is 2.89. The van der Waals surface area contributed by atoms with E-state index in [4.69, 9.17) is 11.6 Å². The first-order valence-corrected chi connectivity index (χ1v) is 8.69. The summed E-state index contributed by atoms with van der Waals surface area (Å²) in [5, 5.41) is 7.05. The molecule has 0 atom stereocenters. The Bertz CT molecular complexity index is 925. The highest BCUT2D eigenvalue weighted by atomic mass is 35.5. The number of aryl methyl sites for hydroxylation is 2. The number of carbonyl (C=O) groups is 1. The van der Waals surface area contributed by atoms with E-state index < -0.39 is 0 Å². The highest BCUT2D eigenvalue weighted by Crippen LogP contribution is 2.27. The molecule has 0 aliphatic carbocycles. The fourth-order valence-electron chi connectivity index (χ4n) is 2.18. The van der Waals surface area contributed by atoms with Gasteiger partial charge in [0.15, 0.2) is 5.13 Å². The van der Waals surface area contributed by atoms with Crippen LogP contribution in [0.15, 0.2) is 42.5 Å². The van der Waals surface area contributed by atoms with E-state index in [0.717, 1.165) is 5.56 Å². The maximum atomic E-state index is 13.0. The zero-order chi connectivity index (χ0) is 18.0. The van der Waals surface area contributed by atoms with Crippen molar-refractivity contribution >= 4 is 45.4 Å². The quantitative estimate of drug-likeness (QED) is 0.628. The summed E-state index contributed by atoms with van der Waals surface area (Å²) in [6.45, 7) is 3.66. The van der Waals surface area contributed by atoms with Crippen LogP contribution in [0.5, 0.6) is 0 Å². The third-order valence-corrected chi connectivity index (χ3v) is 5.01. The standard InChI is InChI=1S/C18H15ClFN3OS/c1-10-3-6-14(9-15(10)19)22-17(24)16-11(2)21-18(25-16)23-13-7-4-12(20)5-8-13/h3-9H,1-2H3,(H,21,23)(H,22,24). The first-order chi connectivity index (χ1) is 11.9. The summed E-state index contributed by atoms with van der Waals surface area (Å²) < 4.78 is 13.0. The summed E-state index contributed by atoms with van der Waals surface area (Å²) in [7, 11) is 0. The first-order valence-electron chi connectivity index (χ1n) is 7.50. The van der Waals surface area contributed by atoms with E-state index in [9.17, 15) is 9.18 Å². The van der Waals surface area contributed by atoms with Gasteiger partial charge in [-0.05, 0) is 55.8 Å². The zero-order valence-corrected chi connectivity index (χ0v) is 15.1. The molecule has 2 N–H and O–H groups in total. The lowest BCUT2D eigenvalue weighted by molar-refractivity contribution is 0.103. The second-order valence-electron chi connectivity index (χ2n) is 5.48. The number of aromatic nitrogens is 1. The summed E-state index contributed by atoms with van der Waals surface area (Å²) in [6, 6.07) is 11.3. The molecule has 0 unspecified atom stereocenters. The van der Waals surface area contributed by atoms with Crippen LogP contribution in [0.1, 0.15) is 20.9 Å². The lowest BCUT2D eigenvalue weighted by Gasteiger charge is -2.06. The van der Waals surface area contributed by atoms with Crippen LogP contribution < -0.4 is 10.6 Å². The molecule has 0 saturated heterocycles. The molecule has 0 bridgehead atoms. The van der Waals surface area contributed by atoms with Gasteiger partial charge >= 0.3 is 0 Å². The van der Waals surface area contributed by atoms with Crippen molar-refractivity contribution in [3.05, 3.63) is 69.4 Å². The van der Waals surface area contributed by atoms with Crippen molar-refractivity contribution in [1.82, 2.24) is 4.98 Å². The lowest BCUT2D eigenvalue weighted by atomic mass is 10.2. The molecule has 0 aliphatic rings. The zero-order valence-electron chi connectivity index (χ0n) is 13.6. The molecule has 0 radical (unpaired) electrons. The molecule has 3 rings (SSSR count). The minimum absolute atomic E-state index is 0.248. The monoisotopic (exact) mass is 375 g/mol. The predicted molar refractivity (Wildman–Crippen MR) is 101 cm³/mol. The lowest BCUT2D eigenvalue weighted by Crippen LogP contribution is -2.11. The number of nitrogens with one attached hydrogen (secondary N) is 2. The van der Waals surface area contributed by atoms with E-state index in [1.165, 1.54) is 23.5 Å². The van der Waals surface area contributed by atoms with Gasteiger partial charge in [0.1, 0.15) is 10.7 Å². The van der Waals surface area contributed by atoms with Gasteiger partial charge in [-0.3, -0.25) is 4.79 Å². The molecule has 7 heteroatoms. The largest absolute Gasteiger partial charge is 0.332 e. The maximum absolute atomic E-state index is 13.0. The number of hydrogen-bond donors (Lipinski definition) is 2. The minimum Gasteiger partial charge on any atom is -0.332 e. The smallest absolute Gasteiger partial charge is 0.267 e. The van der Waals surface area contributed by atoms with Gasteiger partial charge in [0.2, 0.25) is 0 Å². The molecular weight excluding hydrogens is 361 g/mol. The molecule has 0 aliphatic heterocycles. The molecule has 4 nitrogen and oxygen atoms in total. The predicted octanol–water partition coefficient (Wildman–Crippen LogP) is 5.55. The summed E-state index contributed by atoms with van der Waals surface area (Å²) in [5.74, 6) is -0.556. The Morgan fingerprint density at radius 2 is 1.80 bits per heavy atom. The number of rotatable bonds is 4. The minimum atomic E-state index is -0.308. The molecule has 0 spiro atoms. The molecule has 1 amide bonds. The van der Waals surface area contributed by atoms with E-state index in [-0.39, 0.29) is 11.7 Å². The Kier molecular flexibility index (Phi) is 5.01. The molecule has 2 aromatic carbocycles. The SMILES string of the molecule is Cc1ccc(NC(=O)c2sc(Nc3ccc(F)cc3)nc2C)cc1Cl. The van der Waals surface area contributed by atoms with E-state index in [1.54, 1.807) is 31.2 Å². The normalized spacial score (nSPS) is 10.6. The molecule has 1 heterocycles. The number of benzene rings is 2. The van der Waals surface area contributed by atoms with E-state index in [0.29, 0.717) is 32.1 Å². The van der Waals surface area contributed by atoms with Gasteiger partial charge in [-0.15, -0.1) is 0 Å². The van der Waals surface area contributed by atoms with Crippen LogP contribution in [-0.4, -0.2) is 10.9 Å².